The first kappa shape index (κ1) is 19.8. The number of hydrogen-bond donors (Lipinski definition) is 2. The molecule has 4 atom stereocenters. The number of benzene rings is 2. The number of carbonyl (C=O) groups excluding carboxylic acids is 3. The number of aromatic hydroxyl groups is 2. The number of hydrogen-bond acceptors (Lipinski definition) is 7. The maximum Gasteiger partial charge on any atom is 0.309 e. The van der Waals surface area contributed by atoms with E-state index in [0.717, 1.165) is 6.42 Å². The van der Waals surface area contributed by atoms with E-state index in [0.29, 0.717) is 6.42 Å². The van der Waals surface area contributed by atoms with Crippen LogP contribution < -0.4 is 0 Å². The Morgan fingerprint density at radius 1 is 1.16 bits per heavy atom. The molecule has 7 heteroatoms. The van der Waals surface area contributed by atoms with Gasteiger partial charge in [-0.3, -0.25) is 14.4 Å². The highest BCUT2D eigenvalue weighted by atomic mass is 16.6. The fourth-order valence-corrected chi connectivity index (χ4v) is 4.88. The Hall–Kier alpha value is -3.19. The van der Waals surface area contributed by atoms with Crippen molar-refractivity contribution in [1.82, 2.24) is 0 Å². The number of carbonyl (C=O) groups is 3. The largest absolute Gasteiger partial charge is 0.507 e. The fraction of sp³-hybridized carbons (Fsp3) is 0.375. The number of rotatable bonds is 4. The summed E-state index contributed by atoms with van der Waals surface area (Å²) in [6, 6.07) is 5.80. The summed E-state index contributed by atoms with van der Waals surface area (Å²) in [5, 5.41) is 21.1. The number of fused-ring (bicyclic) bond motifs is 6. The highest BCUT2D eigenvalue weighted by molar-refractivity contribution is 6.26. The molecule has 0 aromatic heterocycles. The van der Waals surface area contributed by atoms with Crippen molar-refractivity contribution in [1.29, 1.82) is 0 Å². The standard InChI is InChI=1S/C24H22O7/c1-4-6-10(2)23(29)30-20-16-12(21(28)24(3)22(20)31-24)9-14(26)17-15-11(19(27)18(16)17)7-5-8-13(15)25/h5,7-10,20,22,25-26H,4,6H2,1-3H3/t10-,20-,22+,24-/m0/s1. The van der Waals surface area contributed by atoms with Gasteiger partial charge in [0.1, 0.15) is 17.6 Å². The van der Waals surface area contributed by atoms with Crippen molar-refractivity contribution in [2.24, 2.45) is 5.92 Å². The number of phenolic OH excluding ortho intramolecular Hbond substituents is 2. The summed E-state index contributed by atoms with van der Waals surface area (Å²) >= 11 is 0. The lowest BCUT2D eigenvalue weighted by molar-refractivity contribution is -0.155. The number of epoxide rings is 1. The van der Waals surface area contributed by atoms with Crippen LogP contribution in [0.3, 0.4) is 0 Å². The number of ether oxygens (including phenoxy) is 2. The molecular formula is C24H22O7. The quantitative estimate of drug-likeness (QED) is 0.487. The minimum absolute atomic E-state index is 0.0818. The Morgan fingerprint density at radius 2 is 1.90 bits per heavy atom. The van der Waals surface area contributed by atoms with Crippen LogP contribution in [0.1, 0.15) is 71.6 Å². The van der Waals surface area contributed by atoms with Crippen LogP contribution in [0.15, 0.2) is 24.3 Å². The normalized spacial score (nSPS) is 25.9. The number of phenols is 2. The molecule has 7 nitrogen and oxygen atoms in total. The molecule has 0 spiro atoms. The molecule has 1 fully saturated rings. The molecule has 0 unspecified atom stereocenters. The van der Waals surface area contributed by atoms with E-state index in [4.69, 9.17) is 9.47 Å². The van der Waals surface area contributed by atoms with Gasteiger partial charge in [-0.15, -0.1) is 0 Å². The lowest BCUT2D eigenvalue weighted by Gasteiger charge is -2.28. The smallest absolute Gasteiger partial charge is 0.309 e. The summed E-state index contributed by atoms with van der Waals surface area (Å²) in [5.74, 6) is -2.03. The Bertz CT molecular complexity index is 1180. The van der Waals surface area contributed by atoms with Gasteiger partial charge in [-0.25, -0.2) is 0 Å². The van der Waals surface area contributed by atoms with Crippen LogP contribution in [-0.4, -0.2) is 39.5 Å². The molecule has 1 heterocycles. The SMILES string of the molecule is CCC[C@H](C)C(=O)O[C@H]1c2c(cc(O)c3c2C(=O)c2cccc(O)c2-3)C(=O)[C@]2(C)O[C@H]12. The third-order valence-electron chi connectivity index (χ3n) is 6.59. The topological polar surface area (TPSA) is 113 Å². The van der Waals surface area contributed by atoms with E-state index in [1.165, 1.54) is 18.2 Å². The zero-order valence-electron chi connectivity index (χ0n) is 17.4. The van der Waals surface area contributed by atoms with Crippen LogP contribution in [0.2, 0.25) is 0 Å². The molecule has 0 radical (unpaired) electrons. The maximum absolute atomic E-state index is 13.3. The van der Waals surface area contributed by atoms with Crippen molar-refractivity contribution in [2.75, 3.05) is 0 Å². The summed E-state index contributed by atoms with van der Waals surface area (Å²) < 4.78 is 11.5. The molecule has 0 bridgehead atoms. The second kappa shape index (κ2) is 6.40. The molecule has 5 rings (SSSR count). The zero-order chi connectivity index (χ0) is 22.2. The van der Waals surface area contributed by atoms with Crippen LogP contribution >= 0.6 is 0 Å². The first-order chi connectivity index (χ1) is 14.7. The molecule has 2 aliphatic carbocycles. The van der Waals surface area contributed by atoms with Gasteiger partial charge in [0, 0.05) is 33.4 Å². The van der Waals surface area contributed by atoms with Crippen molar-refractivity contribution < 1.29 is 34.1 Å². The van der Waals surface area contributed by atoms with E-state index in [9.17, 15) is 24.6 Å². The highest BCUT2D eigenvalue weighted by Crippen LogP contribution is 2.58. The van der Waals surface area contributed by atoms with Gasteiger partial charge >= 0.3 is 5.97 Å². The predicted octanol–water partition coefficient (Wildman–Crippen LogP) is 3.68. The molecule has 2 aromatic rings. The van der Waals surface area contributed by atoms with E-state index in [1.54, 1.807) is 19.9 Å². The van der Waals surface area contributed by atoms with Gasteiger partial charge in [0.15, 0.2) is 23.3 Å². The van der Waals surface area contributed by atoms with Gasteiger partial charge in [0.25, 0.3) is 0 Å². The number of esters is 1. The van der Waals surface area contributed by atoms with Crippen LogP contribution in [0.25, 0.3) is 11.1 Å². The monoisotopic (exact) mass is 422 g/mol. The van der Waals surface area contributed by atoms with Crippen molar-refractivity contribution in [3.63, 3.8) is 0 Å². The van der Waals surface area contributed by atoms with E-state index >= 15 is 0 Å². The second-order valence-corrected chi connectivity index (χ2v) is 8.66. The van der Waals surface area contributed by atoms with Gasteiger partial charge in [0.2, 0.25) is 0 Å². The Morgan fingerprint density at radius 3 is 2.61 bits per heavy atom. The van der Waals surface area contributed by atoms with Gasteiger partial charge in [-0.2, -0.15) is 0 Å². The van der Waals surface area contributed by atoms with Crippen molar-refractivity contribution >= 4 is 17.5 Å². The first-order valence-electron chi connectivity index (χ1n) is 10.4. The summed E-state index contributed by atoms with van der Waals surface area (Å²) in [6.45, 7) is 5.36. The maximum atomic E-state index is 13.3. The molecule has 31 heavy (non-hydrogen) atoms. The van der Waals surface area contributed by atoms with E-state index in [1.807, 2.05) is 6.92 Å². The van der Waals surface area contributed by atoms with E-state index < -0.39 is 29.6 Å². The third kappa shape index (κ3) is 2.53. The van der Waals surface area contributed by atoms with Gasteiger partial charge in [0.05, 0.1) is 5.92 Å². The first-order valence-corrected chi connectivity index (χ1v) is 10.4. The van der Waals surface area contributed by atoms with Gasteiger partial charge in [-0.05, 0) is 25.5 Å². The summed E-state index contributed by atoms with van der Waals surface area (Å²) in [6.07, 6.45) is -0.209. The number of ketones is 2. The highest BCUT2D eigenvalue weighted by Gasteiger charge is 2.68. The molecule has 1 aliphatic heterocycles. The van der Waals surface area contributed by atoms with Gasteiger partial charge in [-0.1, -0.05) is 32.4 Å². The lowest BCUT2D eigenvalue weighted by atomic mass is 9.78. The summed E-state index contributed by atoms with van der Waals surface area (Å²) in [4.78, 5) is 39.2. The average molecular weight is 422 g/mol. The molecule has 0 saturated carbocycles. The third-order valence-corrected chi connectivity index (χ3v) is 6.59. The molecule has 2 aromatic carbocycles. The van der Waals surface area contributed by atoms with E-state index in [2.05, 4.69) is 0 Å². The number of Topliss-reactive ketones (excluding diaryl/α,β-unsaturated/α-hetero) is 1. The Kier molecular flexibility index (Phi) is 4.08. The molecule has 160 valence electrons. The molecule has 0 amide bonds. The lowest BCUT2D eigenvalue weighted by Crippen LogP contribution is -2.36. The Labute approximate surface area is 178 Å². The van der Waals surface area contributed by atoms with Crippen LogP contribution in [0.5, 0.6) is 11.5 Å². The minimum Gasteiger partial charge on any atom is -0.507 e. The summed E-state index contributed by atoms with van der Waals surface area (Å²) in [5.41, 5.74) is -0.145. The molecule has 3 aliphatic rings. The van der Waals surface area contributed by atoms with Gasteiger partial charge < -0.3 is 19.7 Å². The second-order valence-electron chi connectivity index (χ2n) is 8.66. The summed E-state index contributed by atoms with van der Waals surface area (Å²) in [7, 11) is 0. The van der Waals surface area contributed by atoms with Crippen LogP contribution in [-0.2, 0) is 14.3 Å². The Balaban J connectivity index is 1.72. The minimum atomic E-state index is -1.16. The molecular weight excluding hydrogens is 400 g/mol. The van der Waals surface area contributed by atoms with Crippen LogP contribution in [0, 0.1) is 5.92 Å². The zero-order valence-corrected chi connectivity index (χ0v) is 17.4. The van der Waals surface area contributed by atoms with Crippen molar-refractivity contribution in [3.05, 3.63) is 46.5 Å². The van der Waals surface area contributed by atoms with E-state index in [-0.39, 0.29) is 56.6 Å². The predicted molar refractivity (Wildman–Crippen MR) is 109 cm³/mol. The van der Waals surface area contributed by atoms with Crippen LogP contribution in [0.4, 0.5) is 0 Å². The average Bonchev–Trinajstić information content (AvgIpc) is 3.34. The molecule has 1 saturated heterocycles. The molecule has 2 N–H and O–H groups in total. The van der Waals surface area contributed by atoms with Crippen molar-refractivity contribution in [3.8, 4) is 22.6 Å². The fourth-order valence-electron chi connectivity index (χ4n) is 4.88. The van der Waals surface area contributed by atoms with Crippen molar-refractivity contribution in [2.45, 2.75) is 51.4 Å².